The van der Waals surface area contributed by atoms with E-state index in [1.807, 2.05) is 20.8 Å². The lowest BCUT2D eigenvalue weighted by Gasteiger charge is -2.24. The Morgan fingerprint density at radius 2 is 1.65 bits per heavy atom. The highest BCUT2D eigenvalue weighted by molar-refractivity contribution is 7.92. The molecule has 0 radical (unpaired) electrons. The monoisotopic (exact) mass is 480 g/mol. The largest absolute Gasteiger partial charge is 0.346 e. The topological polar surface area (TPSA) is 66.5 Å². The number of nitrogens with zero attached hydrogens (tertiary/aromatic N) is 1. The molecule has 34 heavy (non-hydrogen) atoms. The van der Waals surface area contributed by atoms with Crippen molar-refractivity contribution in [2.45, 2.75) is 58.0 Å². The van der Waals surface area contributed by atoms with Crippen LogP contribution in [0.2, 0.25) is 0 Å². The van der Waals surface area contributed by atoms with E-state index in [1.165, 1.54) is 27.6 Å². The number of rotatable bonds is 5. The SMILES string of the molecule is Cc1cc(C)c([C@H](C)NC(=O)c2ccc3c(c2)C[C@@H](C)N3S(=O)(=O)c2ccc(F)cc2)cc1C. The molecule has 0 saturated heterocycles. The maximum absolute atomic E-state index is 13.3. The molecule has 0 aliphatic carbocycles. The average molecular weight is 481 g/mol. The molecule has 1 aliphatic heterocycles. The Labute approximate surface area is 200 Å². The molecule has 0 spiro atoms. The van der Waals surface area contributed by atoms with Gasteiger partial charge in [-0.1, -0.05) is 12.1 Å². The van der Waals surface area contributed by atoms with Crippen molar-refractivity contribution in [2.24, 2.45) is 0 Å². The van der Waals surface area contributed by atoms with Gasteiger partial charge in [-0.2, -0.15) is 0 Å². The van der Waals surface area contributed by atoms with Crippen molar-refractivity contribution in [1.82, 2.24) is 5.32 Å². The van der Waals surface area contributed by atoms with Gasteiger partial charge in [-0.05, 0) is 111 Å². The summed E-state index contributed by atoms with van der Waals surface area (Å²) < 4.78 is 41.2. The first kappa shape index (κ1) is 24.0. The summed E-state index contributed by atoms with van der Waals surface area (Å²) in [7, 11) is -3.85. The standard InChI is InChI=1S/C27H29FN2O3S/c1-16-12-18(3)25(13-17(16)2)20(5)29-27(31)21-6-11-26-22(15-21)14-19(4)30(26)34(32,33)24-9-7-23(28)8-10-24/h6-13,15,19-20H,14H2,1-5H3,(H,29,31)/t19-,20+/m1/s1. The van der Waals surface area contributed by atoms with Crippen molar-refractivity contribution >= 4 is 21.6 Å². The molecule has 0 fully saturated rings. The van der Waals surface area contributed by atoms with E-state index in [9.17, 15) is 17.6 Å². The van der Waals surface area contributed by atoms with E-state index in [1.54, 1.807) is 18.2 Å². The summed E-state index contributed by atoms with van der Waals surface area (Å²) in [5.74, 6) is -0.699. The van der Waals surface area contributed by atoms with E-state index < -0.39 is 15.8 Å². The van der Waals surface area contributed by atoms with Gasteiger partial charge in [-0.3, -0.25) is 9.10 Å². The van der Waals surface area contributed by atoms with Crippen LogP contribution in [0.3, 0.4) is 0 Å². The zero-order valence-corrected chi connectivity index (χ0v) is 20.8. The van der Waals surface area contributed by atoms with Crippen molar-refractivity contribution in [3.05, 3.63) is 93.8 Å². The second-order valence-electron chi connectivity index (χ2n) is 9.14. The smallest absolute Gasteiger partial charge is 0.264 e. The minimum Gasteiger partial charge on any atom is -0.346 e. The van der Waals surface area contributed by atoms with Gasteiger partial charge >= 0.3 is 0 Å². The summed E-state index contributed by atoms with van der Waals surface area (Å²) in [5.41, 5.74) is 6.42. The Kier molecular flexibility index (Phi) is 6.25. The molecule has 0 unspecified atom stereocenters. The second kappa shape index (κ2) is 8.87. The van der Waals surface area contributed by atoms with E-state index in [4.69, 9.17) is 0 Å². The summed E-state index contributed by atoms with van der Waals surface area (Å²) >= 11 is 0. The number of anilines is 1. The van der Waals surface area contributed by atoms with E-state index in [2.05, 4.69) is 31.3 Å². The Morgan fingerprint density at radius 1 is 1.00 bits per heavy atom. The first-order valence-corrected chi connectivity index (χ1v) is 12.7. The molecule has 0 bridgehead atoms. The Morgan fingerprint density at radius 3 is 2.32 bits per heavy atom. The molecular weight excluding hydrogens is 451 g/mol. The van der Waals surface area contributed by atoms with Gasteiger partial charge in [0.05, 0.1) is 16.6 Å². The Balaban J connectivity index is 1.58. The van der Waals surface area contributed by atoms with E-state index in [-0.39, 0.29) is 22.9 Å². The highest BCUT2D eigenvalue weighted by Crippen LogP contribution is 2.37. The van der Waals surface area contributed by atoms with Gasteiger partial charge < -0.3 is 5.32 Å². The second-order valence-corrected chi connectivity index (χ2v) is 11.0. The molecule has 3 aromatic carbocycles. The number of nitrogens with one attached hydrogen (secondary N) is 1. The molecule has 0 aromatic heterocycles. The highest BCUT2D eigenvalue weighted by Gasteiger charge is 2.36. The molecule has 178 valence electrons. The molecule has 1 N–H and O–H groups in total. The lowest BCUT2D eigenvalue weighted by molar-refractivity contribution is 0.0939. The number of halogens is 1. The number of sulfonamides is 1. The normalized spacial score (nSPS) is 16.3. The highest BCUT2D eigenvalue weighted by atomic mass is 32.2. The average Bonchev–Trinajstić information content (AvgIpc) is 3.12. The Hall–Kier alpha value is -3.19. The number of aryl methyl sites for hydroxylation is 3. The van der Waals surface area contributed by atoms with Crippen molar-refractivity contribution in [2.75, 3.05) is 4.31 Å². The van der Waals surface area contributed by atoms with Gasteiger partial charge in [0.25, 0.3) is 15.9 Å². The van der Waals surface area contributed by atoms with Gasteiger partial charge in [0, 0.05) is 11.6 Å². The van der Waals surface area contributed by atoms with Gasteiger partial charge in [-0.15, -0.1) is 0 Å². The first-order chi connectivity index (χ1) is 16.0. The van der Waals surface area contributed by atoms with Gasteiger partial charge in [0.1, 0.15) is 5.82 Å². The number of amides is 1. The number of benzene rings is 3. The van der Waals surface area contributed by atoms with Crippen LogP contribution in [-0.2, 0) is 16.4 Å². The number of hydrogen-bond acceptors (Lipinski definition) is 3. The summed E-state index contributed by atoms with van der Waals surface area (Å²) in [6.45, 7) is 9.95. The van der Waals surface area contributed by atoms with Gasteiger partial charge in [-0.25, -0.2) is 12.8 Å². The molecule has 0 saturated carbocycles. The van der Waals surface area contributed by atoms with Crippen LogP contribution in [0.4, 0.5) is 10.1 Å². The minimum absolute atomic E-state index is 0.0352. The fraction of sp³-hybridized carbons (Fsp3) is 0.296. The number of carbonyl (C=O) groups excluding carboxylic acids is 1. The third kappa shape index (κ3) is 4.32. The van der Waals surface area contributed by atoms with Crippen LogP contribution in [-0.4, -0.2) is 20.4 Å². The lowest BCUT2D eigenvalue weighted by Crippen LogP contribution is -2.35. The van der Waals surface area contributed by atoms with Crippen molar-refractivity contribution in [3.8, 4) is 0 Å². The summed E-state index contributed by atoms with van der Waals surface area (Å²) in [4.78, 5) is 13.1. The molecule has 2 atom stereocenters. The summed E-state index contributed by atoms with van der Waals surface area (Å²) in [5, 5.41) is 3.07. The van der Waals surface area contributed by atoms with E-state index in [0.29, 0.717) is 17.7 Å². The molecule has 1 amide bonds. The molecule has 1 heterocycles. The van der Waals surface area contributed by atoms with Crippen LogP contribution < -0.4 is 9.62 Å². The van der Waals surface area contributed by atoms with Crippen molar-refractivity contribution in [3.63, 3.8) is 0 Å². The molecular formula is C27H29FN2O3S. The van der Waals surface area contributed by atoms with Crippen molar-refractivity contribution < 1.29 is 17.6 Å². The van der Waals surface area contributed by atoms with Crippen LogP contribution >= 0.6 is 0 Å². The van der Waals surface area contributed by atoms with Gasteiger partial charge in [0.15, 0.2) is 0 Å². The van der Waals surface area contributed by atoms with E-state index >= 15 is 0 Å². The quantitative estimate of drug-likeness (QED) is 0.533. The third-order valence-electron chi connectivity index (χ3n) is 6.56. The third-order valence-corrected chi connectivity index (χ3v) is 8.50. The predicted octanol–water partition coefficient (Wildman–Crippen LogP) is 5.38. The zero-order chi connectivity index (χ0) is 24.8. The van der Waals surface area contributed by atoms with Crippen LogP contribution in [0.5, 0.6) is 0 Å². The minimum atomic E-state index is -3.85. The van der Waals surface area contributed by atoms with Crippen LogP contribution in [0.15, 0.2) is 59.5 Å². The number of carbonyl (C=O) groups is 1. The molecule has 7 heteroatoms. The van der Waals surface area contributed by atoms with Crippen LogP contribution in [0.25, 0.3) is 0 Å². The van der Waals surface area contributed by atoms with Crippen LogP contribution in [0, 0.1) is 26.6 Å². The lowest BCUT2D eigenvalue weighted by atomic mass is 9.96. The number of fused-ring (bicyclic) bond motifs is 1. The first-order valence-electron chi connectivity index (χ1n) is 11.3. The molecule has 1 aliphatic rings. The molecule has 5 nitrogen and oxygen atoms in total. The van der Waals surface area contributed by atoms with Gasteiger partial charge in [0.2, 0.25) is 0 Å². The molecule has 3 aromatic rings. The number of hydrogen-bond donors (Lipinski definition) is 1. The Bertz CT molecular complexity index is 1370. The van der Waals surface area contributed by atoms with Crippen LogP contribution in [0.1, 0.15) is 58.1 Å². The zero-order valence-electron chi connectivity index (χ0n) is 20.0. The maximum Gasteiger partial charge on any atom is 0.264 e. The summed E-state index contributed by atoms with van der Waals surface area (Å²) in [6, 6.07) is 13.7. The fourth-order valence-corrected chi connectivity index (χ4v) is 6.33. The maximum atomic E-state index is 13.3. The fourth-order valence-electron chi connectivity index (χ4n) is 4.64. The summed E-state index contributed by atoms with van der Waals surface area (Å²) in [6.07, 6.45) is 0.489. The van der Waals surface area contributed by atoms with Crippen molar-refractivity contribution in [1.29, 1.82) is 0 Å². The molecule has 4 rings (SSSR count). The predicted molar refractivity (Wildman–Crippen MR) is 132 cm³/mol. The van der Waals surface area contributed by atoms with E-state index in [0.717, 1.165) is 28.8 Å².